The number of aromatic nitrogens is 1. The largest absolute Gasteiger partial charge is 0.428 e. The SMILES string of the molecule is Cc1nc(SCCC(F)=C(F)F)oc1C=O. The second-order valence-electron chi connectivity index (χ2n) is 2.81. The molecule has 3 nitrogen and oxygen atoms in total. The third kappa shape index (κ3) is 3.41. The first kappa shape index (κ1) is 12.8. The van der Waals surface area contributed by atoms with Crippen molar-refractivity contribution in [1.82, 2.24) is 4.98 Å². The third-order valence-corrected chi connectivity index (χ3v) is 2.50. The maximum Gasteiger partial charge on any atom is 0.301 e. The molecular weight excluding hydrogens is 243 g/mol. The van der Waals surface area contributed by atoms with Gasteiger partial charge >= 0.3 is 6.08 Å². The smallest absolute Gasteiger partial charge is 0.301 e. The molecule has 0 saturated heterocycles. The fourth-order valence-electron chi connectivity index (χ4n) is 0.876. The van der Waals surface area contributed by atoms with E-state index in [1.54, 1.807) is 6.92 Å². The van der Waals surface area contributed by atoms with E-state index < -0.39 is 18.3 Å². The van der Waals surface area contributed by atoms with Crippen molar-refractivity contribution in [3.63, 3.8) is 0 Å². The molecule has 1 aromatic rings. The molecule has 0 aliphatic carbocycles. The average molecular weight is 251 g/mol. The van der Waals surface area contributed by atoms with Crippen LogP contribution < -0.4 is 0 Å². The number of hydrogen-bond acceptors (Lipinski definition) is 4. The third-order valence-electron chi connectivity index (χ3n) is 1.67. The van der Waals surface area contributed by atoms with E-state index in [2.05, 4.69) is 4.98 Å². The molecule has 0 amide bonds. The van der Waals surface area contributed by atoms with Crippen molar-refractivity contribution in [2.24, 2.45) is 0 Å². The summed E-state index contributed by atoms with van der Waals surface area (Å²) in [5.74, 6) is -1.27. The Morgan fingerprint density at radius 3 is 2.69 bits per heavy atom. The van der Waals surface area contributed by atoms with E-state index in [-0.39, 0.29) is 16.7 Å². The second-order valence-corrected chi connectivity index (χ2v) is 3.86. The van der Waals surface area contributed by atoms with Crippen LogP contribution in [0, 0.1) is 6.92 Å². The minimum absolute atomic E-state index is 0.0709. The van der Waals surface area contributed by atoms with Crippen LogP contribution >= 0.6 is 11.8 Å². The zero-order chi connectivity index (χ0) is 12.1. The topological polar surface area (TPSA) is 43.1 Å². The first-order chi connectivity index (χ1) is 7.54. The van der Waals surface area contributed by atoms with Gasteiger partial charge in [-0.15, -0.1) is 0 Å². The first-order valence-electron chi connectivity index (χ1n) is 4.29. The number of oxazole rings is 1. The standard InChI is InChI=1S/C9H8F3NO2S/c1-5-7(4-14)15-9(13-5)16-3-2-6(10)8(11)12/h4H,2-3H2,1H3. The number of nitrogens with zero attached hydrogens (tertiary/aromatic N) is 1. The number of rotatable bonds is 5. The van der Waals surface area contributed by atoms with Crippen LogP contribution in [-0.2, 0) is 0 Å². The fraction of sp³-hybridized carbons (Fsp3) is 0.333. The Balaban J connectivity index is 2.49. The molecule has 0 radical (unpaired) electrons. The van der Waals surface area contributed by atoms with Crippen molar-refractivity contribution in [1.29, 1.82) is 0 Å². The van der Waals surface area contributed by atoms with E-state index in [9.17, 15) is 18.0 Å². The van der Waals surface area contributed by atoms with Crippen LogP contribution in [0.4, 0.5) is 13.2 Å². The number of thioether (sulfide) groups is 1. The summed E-state index contributed by atoms with van der Waals surface area (Å²) in [6.07, 6.45) is -2.20. The monoisotopic (exact) mass is 251 g/mol. The van der Waals surface area contributed by atoms with Crippen LogP contribution in [0.3, 0.4) is 0 Å². The number of hydrogen-bond donors (Lipinski definition) is 0. The van der Waals surface area contributed by atoms with Gasteiger partial charge in [-0.05, 0) is 6.92 Å². The summed E-state index contributed by atoms with van der Waals surface area (Å²) in [6.45, 7) is 1.58. The Morgan fingerprint density at radius 1 is 1.50 bits per heavy atom. The molecule has 16 heavy (non-hydrogen) atoms. The van der Waals surface area contributed by atoms with Crippen LogP contribution in [0.5, 0.6) is 0 Å². The lowest BCUT2D eigenvalue weighted by Crippen LogP contribution is -1.83. The first-order valence-corrected chi connectivity index (χ1v) is 5.28. The Kier molecular flexibility index (Phi) is 4.60. The summed E-state index contributed by atoms with van der Waals surface area (Å²) in [5, 5.41) is 0.173. The Labute approximate surface area is 93.7 Å². The van der Waals surface area contributed by atoms with Gasteiger partial charge in [0.2, 0.25) is 0 Å². The number of carbonyl (C=O) groups is 1. The van der Waals surface area contributed by atoms with Gasteiger partial charge in [-0.2, -0.15) is 8.78 Å². The number of allylic oxidation sites excluding steroid dienone is 1. The quantitative estimate of drug-likeness (QED) is 0.594. The summed E-state index contributed by atoms with van der Waals surface area (Å²) < 4.78 is 40.7. The lowest BCUT2D eigenvalue weighted by Gasteiger charge is -1.94. The molecule has 0 spiro atoms. The average Bonchev–Trinajstić information content (AvgIpc) is 2.58. The summed E-state index contributed by atoms with van der Waals surface area (Å²) in [7, 11) is 0. The van der Waals surface area contributed by atoms with Crippen molar-refractivity contribution in [2.75, 3.05) is 5.75 Å². The Morgan fingerprint density at radius 2 is 2.19 bits per heavy atom. The molecular formula is C9H8F3NO2S. The number of carbonyl (C=O) groups excluding carboxylic acids is 1. The van der Waals surface area contributed by atoms with Gasteiger partial charge in [0.05, 0.1) is 5.69 Å². The van der Waals surface area contributed by atoms with Crippen molar-refractivity contribution in [3.05, 3.63) is 23.4 Å². The molecule has 0 bridgehead atoms. The summed E-state index contributed by atoms with van der Waals surface area (Å²) in [4.78, 5) is 14.3. The fourth-order valence-corrected chi connectivity index (χ4v) is 1.68. The summed E-state index contributed by atoms with van der Waals surface area (Å²) in [5.41, 5.74) is 0.421. The van der Waals surface area contributed by atoms with Gasteiger partial charge in [0, 0.05) is 12.2 Å². The predicted octanol–water partition coefficient (Wildman–Crippen LogP) is 3.36. The minimum Gasteiger partial charge on any atom is -0.428 e. The number of aryl methyl sites for hydroxylation is 1. The highest BCUT2D eigenvalue weighted by Crippen LogP contribution is 2.23. The van der Waals surface area contributed by atoms with Gasteiger partial charge in [0.15, 0.2) is 17.9 Å². The van der Waals surface area contributed by atoms with Crippen LogP contribution in [-0.4, -0.2) is 17.0 Å². The highest BCUT2D eigenvalue weighted by Gasteiger charge is 2.10. The maximum absolute atomic E-state index is 12.4. The van der Waals surface area contributed by atoms with Crippen molar-refractivity contribution in [3.8, 4) is 0 Å². The van der Waals surface area contributed by atoms with Crippen LogP contribution in [0.1, 0.15) is 22.7 Å². The normalized spacial score (nSPS) is 10.2. The van der Waals surface area contributed by atoms with E-state index in [0.29, 0.717) is 12.0 Å². The van der Waals surface area contributed by atoms with Gasteiger partial charge < -0.3 is 4.42 Å². The zero-order valence-electron chi connectivity index (χ0n) is 8.30. The van der Waals surface area contributed by atoms with Crippen LogP contribution in [0.25, 0.3) is 0 Å². The lowest BCUT2D eigenvalue weighted by molar-refractivity contribution is 0.109. The molecule has 7 heteroatoms. The molecule has 0 N–H and O–H groups in total. The van der Waals surface area contributed by atoms with Crippen LogP contribution in [0.15, 0.2) is 21.5 Å². The lowest BCUT2D eigenvalue weighted by atomic mass is 10.4. The second kappa shape index (κ2) is 5.74. The van der Waals surface area contributed by atoms with Gasteiger partial charge in [0.1, 0.15) is 0 Å². The zero-order valence-corrected chi connectivity index (χ0v) is 9.11. The highest BCUT2D eigenvalue weighted by atomic mass is 32.2. The van der Waals surface area contributed by atoms with Crippen molar-refractivity contribution >= 4 is 18.0 Å². The van der Waals surface area contributed by atoms with E-state index in [0.717, 1.165) is 11.8 Å². The summed E-state index contributed by atoms with van der Waals surface area (Å²) >= 11 is 0.972. The number of halogens is 3. The van der Waals surface area contributed by atoms with E-state index in [1.165, 1.54) is 0 Å². The molecule has 0 saturated carbocycles. The van der Waals surface area contributed by atoms with E-state index >= 15 is 0 Å². The molecule has 88 valence electrons. The van der Waals surface area contributed by atoms with Crippen LogP contribution in [0.2, 0.25) is 0 Å². The molecule has 0 aromatic carbocycles. The molecule has 0 unspecified atom stereocenters. The van der Waals surface area contributed by atoms with Crippen molar-refractivity contribution in [2.45, 2.75) is 18.6 Å². The Hall–Kier alpha value is -1.24. The van der Waals surface area contributed by atoms with E-state index in [1.807, 2.05) is 0 Å². The highest BCUT2D eigenvalue weighted by molar-refractivity contribution is 7.99. The van der Waals surface area contributed by atoms with Gasteiger partial charge in [-0.3, -0.25) is 4.79 Å². The predicted molar refractivity (Wildman–Crippen MR) is 52.3 cm³/mol. The van der Waals surface area contributed by atoms with Gasteiger partial charge in [0.25, 0.3) is 5.22 Å². The van der Waals surface area contributed by atoms with Gasteiger partial charge in [-0.1, -0.05) is 11.8 Å². The molecule has 0 aliphatic rings. The minimum atomic E-state index is -2.31. The molecule has 1 heterocycles. The number of aldehydes is 1. The maximum atomic E-state index is 12.4. The molecule has 0 aliphatic heterocycles. The molecule has 1 aromatic heterocycles. The molecule has 1 rings (SSSR count). The Bertz CT molecular complexity index is 413. The summed E-state index contributed by atoms with van der Waals surface area (Å²) in [6, 6.07) is 0. The molecule has 0 fully saturated rings. The van der Waals surface area contributed by atoms with E-state index in [4.69, 9.17) is 4.42 Å². The van der Waals surface area contributed by atoms with Crippen molar-refractivity contribution < 1.29 is 22.4 Å². The molecule has 0 atom stereocenters. The van der Waals surface area contributed by atoms with Gasteiger partial charge in [-0.25, -0.2) is 9.37 Å².